The molecule has 0 spiro atoms. The normalized spacial score (nSPS) is 15.5. The number of carbonyl (C=O) groups excluding carboxylic acids is 2. The Labute approximate surface area is 180 Å². The van der Waals surface area contributed by atoms with Crippen molar-refractivity contribution >= 4 is 29.3 Å². The minimum Gasteiger partial charge on any atom is -0.368 e. The second-order valence-corrected chi connectivity index (χ2v) is 7.64. The fourth-order valence-electron chi connectivity index (χ4n) is 3.44. The molecule has 1 saturated heterocycles. The van der Waals surface area contributed by atoms with Gasteiger partial charge in [0.1, 0.15) is 18.8 Å². The molecule has 1 aliphatic heterocycles. The van der Waals surface area contributed by atoms with E-state index in [1.807, 2.05) is 19.9 Å². The Balaban J connectivity index is 1.54. The SMILES string of the molecule is CC(C)NC(=O)Cn1cc(Nc2nccc(NCC3CCCN3C(=O)CC#N)n2)cn1. The maximum absolute atomic E-state index is 12.1. The van der Waals surface area contributed by atoms with Gasteiger partial charge in [-0.05, 0) is 32.8 Å². The van der Waals surface area contributed by atoms with E-state index in [9.17, 15) is 9.59 Å². The van der Waals surface area contributed by atoms with E-state index in [4.69, 9.17) is 5.26 Å². The molecule has 0 saturated carbocycles. The first kappa shape index (κ1) is 22.0. The Morgan fingerprint density at radius 1 is 1.39 bits per heavy atom. The molecular weight excluding hydrogens is 398 g/mol. The van der Waals surface area contributed by atoms with Gasteiger partial charge in [0.2, 0.25) is 17.8 Å². The van der Waals surface area contributed by atoms with Crippen LogP contribution in [0.1, 0.15) is 33.1 Å². The van der Waals surface area contributed by atoms with Gasteiger partial charge in [0.15, 0.2) is 0 Å². The van der Waals surface area contributed by atoms with Gasteiger partial charge in [-0.2, -0.15) is 15.3 Å². The molecule has 11 heteroatoms. The van der Waals surface area contributed by atoms with Crippen LogP contribution in [0.25, 0.3) is 0 Å². The highest BCUT2D eigenvalue weighted by Crippen LogP contribution is 2.19. The molecule has 1 unspecified atom stereocenters. The molecule has 0 aromatic carbocycles. The lowest BCUT2D eigenvalue weighted by atomic mass is 10.2. The third kappa shape index (κ3) is 6.40. The lowest BCUT2D eigenvalue weighted by Crippen LogP contribution is -2.39. The highest BCUT2D eigenvalue weighted by Gasteiger charge is 2.28. The Morgan fingerprint density at radius 3 is 3.00 bits per heavy atom. The van der Waals surface area contributed by atoms with Crippen molar-refractivity contribution in [2.75, 3.05) is 23.7 Å². The number of aromatic nitrogens is 4. The van der Waals surface area contributed by atoms with E-state index in [1.165, 1.54) is 4.68 Å². The minimum atomic E-state index is -0.129. The van der Waals surface area contributed by atoms with Gasteiger partial charge >= 0.3 is 0 Å². The molecule has 0 aliphatic carbocycles. The number of nitrogens with one attached hydrogen (secondary N) is 3. The second-order valence-electron chi connectivity index (χ2n) is 7.64. The van der Waals surface area contributed by atoms with Crippen LogP contribution in [0.4, 0.5) is 17.5 Å². The number of amides is 2. The highest BCUT2D eigenvalue weighted by molar-refractivity contribution is 5.79. The van der Waals surface area contributed by atoms with E-state index in [-0.39, 0.29) is 36.9 Å². The van der Waals surface area contributed by atoms with E-state index in [1.54, 1.807) is 29.6 Å². The number of hydrogen-bond donors (Lipinski definition) is 3. The summed E-state index contributed by atoms with van der Waals surface area (Å²) in [6, 6.07) is 3.79. The molecule has 0 bridgehead atoms. The molecule has 0 radical (unpaired) electrons. The molecule has 3 heterocycles. The first-order valence-electron chi connectivity index (χ1n) is 10.3. The number of rotatable bonds is 9. The Hall–Kier alpha value is -3.68. The monoisotopic (exact) mass is 425 g/mol. The number of anilines is 3. The first-order valence-corrected chi connectivity index (χ1v) is 10.3. The van der Waals surface area contributed by atoms with E-state index in [0.29, 0.717) is 30.5 Å². The van der Waals surface area contributed by atoms with Crippen molar-refractivity contribution in [1.29, 1.82) is 5.26 Å². The van der Waals surface area contributed by atoms with Gasteiger partial charge in [0, 0.05) is 37.6 Å². The van der Waals surface area contributed by atoms with Gasteiger partial charge in [-0.15, -0.1) is 0 Å². The summed E-state index contributed by atoms with van der Waals surface area (Å²) in [6.45, 7) is 5.17. The average Bonchev–Trinajstić information content (AvgIpc) is 3.35. The predicted octanol–water partition coefficient (Wildman–Crippen LogP) is 1.26. The van der Waals surface area contributed by atoms with Crippen LogP contribution in [0.5, 0.6) is 0 Å². The van der Waals surface area contributed by atoms with Crippen LogP contribution >= 0.6 is 0 Å². The van der Waals surface area contributed by atoms with Crippen LogP contribution in [0.2, 0.25) is 0 Å². The zero-order chi connectivity index (χ0) is 22.2. The van der Waals surface area contributed by atoms with Gasteiger partial charge in [-0.3, -0.25) is 14.3 Å². The fraction of sp³-hybridized carbons (Fsp3) is 0.500. The fourth-order valence-corrected chi connectivity index (χ4v) is 3.44. The van der Waals surface area contributed by atoms with Crippen LogP contribution in [0.3, 0.4) is 0 Å². The number of carbonyl (C=O) groups is 2. The van der Waals surface area contributed by atoms with Crippen LogP contribution < -0.4 is 16.0 Å². The summed E-state index contributed by atoms with van der Waals surface area (Å²) >= 11 is 0. The standard InChI is InChI=1S/C20H27N9O2/c1-14(2)25-18(30)13-28-12-15(10-24-28)26-20-22-8-6-17(27-20)23-11-16-4-3-9-29(16)19(31)5-7-21/h6,8,10,12,14,16H,3-5,9,11,13H2,1-2H3,(H,25,30)(H2,22,23,26,27). The Kier molecular flexibility index (Phi) is 7.37. The van der Waals surface area contributed by atoms with E-state index < -0.39 is 0 Å². The first-order chi connectivity index (χ1) is 14.9. The molecule has 2 aromatic rings. The molecule has 31 heavy (non-hydrogen) atoms. The summed E-state index contributed by atoms with van der Waals surface area (Å²) in [5, 5.41) is 22.1. The second kappa shape index (κ2) is 10.4. The van der Waals surface area contributed by atoms with Gasteiger partial charge in [0.05, 0.1) is 18.0 Å². The van der Waals surface area contributed by atoms with Crippen molar-refractivity contribution in [3.8, 4) is 6.07 Å². The number of hydrogen-bond acceptors (Lipinski definition) is 8. The van der Waals surface area contributed by atoms with E-state index in [0.717, 1.165) is 12.8 Å². The van der Waals surface area contributed by atoms with Crippen molar-refractivity contribution < 1.29 is 9.59 Å². The summed E-state index contributed by atoms with van der Waals surface area (Å²) < 4.78 is 1.54. The van der Waals surface area contributed by atoms with Crippen molar-refractivity contribution in [2.45, 2.75) is 51.7 Å². The Bertz CT molecular complexity index is 950. The van der Waals surface area contributed by atoms with Crippen LogP contribution in [0.15, 0.2) is 24.7 Å². The van der Waals surface area contributed by atoms with E-state index in [2.05, 4.69) is 31.0 Å². The molecule has 1 atom stereocenters. The molecular formula is C20H27N9O2. The summed E-state index contributed by atoms with van der Waals surface area (Å²) in [7, 11) is 0. The summed E-state index contributed by atoms with van der Waals surface area (Å²) in [6.07, 6.45) is 6.67. The molecule has 2 aromatic heterocycles. The van der Waals surface area contributed by atoms with Gasteiger partial charge in [-0.25, -0.2) is 4.98 Å². The molecule has 1 aliphatic rings. The zero-order valence-electron chi connectivity index (χ0n) is 17.7. The molecule has 11 nitrogen and oxygen atoms in total. The number of likely N-dealkylation sites (tertiary alicyclic amines) is 1. The number of nitrogens with zero attached hydrogens (tertiary/aromatic N) is 6. The highest BCUT2D eigenvalue weighted by atomic mass is 16.2. The Morgan fingerprint density at radius 2 is 2.23 bits per heavy atom. The van der Waals surface area contributed by atoms with Crippen LogP contribution in [-0.4, -0.2) is 61.6 Å². The van der Waals surface area contributed by atoms with Gasteiger partial charge < -0.3 is 20.9 Å². The number of nitriles is 1. The van der Waals surface area contributed by atoms with Crippen molar-refractivity contribution in [2.24, 2.45) is 0 Å². The van der Waals surface area contributed by atoms with E-state index >= 15 is 0 Å². The van der Waals surface area contributed by atoms with Gasteiger partial charge in [0.25, 0.3) is 0 Å². The molecule has 2 amide bonds. The third-order valence-electron chi connectivity index (χ3n) is 4.75. The zero-order valence-corrected chi connectivity index (χ0v) is 17.7. The molecule has 3 N–H and O–H groups in total. The largest absolute Gasteiger partial charge is 0.368 e. The molecule has 1 fully saturated rings. The summed E-state index contributed by atoms with van der Waals surface area (Å²) in [4.78, 5) is 34.3. The van der Waals surface area contributed by atoms with Crippen molar-refractivity contribution in [3.63, 3.8) is 0 Å². The van der Waals surface area contributed by atoms with Crippen molar-refractivity contribution in [1.82, 2.24) is 30.0 Å². The molecule has 3 rings (SSSR count). The lowest BCUT2D eigenvalue weighted by Gasteiger charge is -2.24. The minimum absolute atomic E-state index is 0.0439. The third-order valence-corrected chi connectivity index (χ3v) is 4.75. The smallest absolute Gasteiger partial charge is 0.241 e. The maximum Gasteiger partial charge on any atom is 0.241 e. The maximum atomic E-state index is 12.1. The summed E-state index contributed by atoms with van der Waals surface area (Å²) in [5.41, 5.74) is 0.665. The van der Waals surface area contributed by atoms with Gasteiger partial charge in [-0.1, -0.05) is 0 Å². The lowest BCUT2D eigenvalue weighted by molar-refractivity contribution is -0.130. The van der Waals surface area contributed by atoms with Crippen molar-refractivity contribution in [3.05, 3.63) is 24.7 Å². The molecule has 164 valence electrons. The quantitative estimate of drug-likeness (QED) is 0.545. The topological polar surface area (TPSA) is 141 Å². The van der Waals surface area contributed by atoms with Crippen LogP contribution in [0, 0.1) is 11.3 Å². The average molecular weight is 425 g/mol. The predicted molar refractivity (Wildman–Crippen MR) is 114 cm³/mol. The van der Waals surface area contributed by atoms with Crippen LogP contribution in [-0.2, 0) is 16.1 Å². The summed E-state index contributed by atoms with van der Waals surface area (Å²) in [5.74, 6) is 0.776.